The molecule has 3 rings (SSSR count). The van der Waals surface area contributed by atoms with Gasteiger partial charge in [0.2, 0.25) is 0 Å². The van der Waals surface area contributed by atoms with Crippen LogP contribution < -0.4 is 10.6 Å². The molecule has 0 radical (unpaired) electrons. The number of morpholine rings is 1. The molecule has 1 fully saturated rings. The molecule has 2 aromatic rings. The van der Waals surface area contributed by atoms with Crippen LogP contribution in [0.2, 0.25) is 0 Å². The maximum Gasteiger partial charge on any atom is 0.193 e. The Morgan fingerprint density at radius 1 is 1.31 bits per heavy atom. The van der Waals surface area contributed by atoms with Gasteiger partial charge in [0.1, 0.15) is 6.10 Å². The molecule has 0 saturated carbocycles. The first kappa shape index (κ1) is 18.3. The van der Waals surface area contributed by atoms with E-state index in [1.807, 2.05) is 49.4 Å². The van der Waals surface area contributed by atoms with E-state index in [-0.39, 0.29) is 6.10 Å². The largest absolute Gasteiger partial charge is 0.385 e. The van der Waals surface area contributed by atoms with Crippen molar-refractivity contribution in [2.75, 3.05) is 45.2 Å². The number of nitrogens with zero attached hydrogens (tertiary/aromatic N) is 4. The minimum atomic E-state index is 0.0377. The highest BCUT2D eigenvalue weighted by Crippen LogP contribution is 2.21. The fourth-order valence-electron chi connectivity index (χ4n) is 3.06. The average molecular weight is 356 g/mol. The molecule has 2 heterocycles. The van der Waals surface area contributed by atoms with Crippen molar-refractivity contribution in [2.45, 2.75) is 12.5 Å². The number of benzene rings is 1. The van der Waals surface area contributed by atoms with Gasteiger partial charge in [-0.2, -0.15) is 5.10 Å². The average Bonchev–Trinajstić information content (AvgIpc) is 3.12. The maximum atomic E-state index is 5.91. The molecule has 0 aliphatic carbocycles. The van der Waals surface area contributed by atoms with Gasteiger partial charge in [-0.1, -0.05) is 18.2 Å². The molecule has 140 valence electrons. The zero-order chi connectivity index (χ0) is 18.2. The summed E-state index contributed by atoms with van der Waals surface area (Å²) in [4.78, 5) is 6.69. The van der Waals surface area contributed by atoms with Crippen LogP contribution in [0.5, 0.6) is 0 Å². The molecule has 1 aromatic heterocycles. The highest BCUT2D eigenvalue weighted by atomic mass is 16.5. The van der Waals surface area contributed by atoms with E-state index in [9.17, 15) is 0 Å². The molecule has 7 nitrogen and oxygen atoms in total. The summed E-state index contributed by atoms with van der Waals surface area (Å²) in [5, 5.41) is 11.1. The molecule has 0 spiro atoms. The van der Waals surface area contributed by atoms with Crippen LogP contribution in [0.3, 0.4) is 0 Å². The summed E-state index contributed by atoms with van der Waals surface area (Å²) in [5.41, 5.74) is 2.27. The Balaban J connectivity index is 1.43. The lowest BCUT2D eigenvalue weighted by molar-refractivity contribution is -0.00801. The van der Waals surface area contributed by atoms with Gasteiger partial charge in [-0.3, -0.25) is 9.67 Å². The molecule has 1 aliphatic rings. The lowest BCUT2D eigenvalue weighted by Gasteiger charge is -2.34. The summed E-state index contributed by atoms with van der Waals surface area (Å²) in [6, 6.07) is 10.3. The lowest BCUT2D eigenvalue weighted by Crippen LogP contribution is -2.48. The minimum Gasteiger partial charge on any atom is -0.385 e. The van der Waals surface area contributed by atoms with Crippen molar-refractivity contribution in [1.82, 2.24) is 20.0 Å². The third kappa shape index (κ3) is 4.98. The van der Waals surface area contributed by atoms with Gasteiger partial charge < -0.3 is 20.3 Å². The van der Waals surface area contributed by atoms with Crippen LogP contribution in [0.15, 0.2) is 47.7 Å². The monoisotopic (exact) mass is 356 g/mol. The van der Waals surface area contributed by atoms with Crippen molar-refractivity contribution in [3.8, 4) is 0 Å². The molecule has 1 aliphatic heterocycles. The third-order valence-electron chi connectivity index (χ3n) is 4.41. The first-order chi connectivity index (χ1) is 12.8. The number of aliphatic imine (C=N–C) groups is 1. The minimum absolute atomic E-state index is 0.0377. The van der Waals surface area contributed by atoms with Crippen LogP contribution in [0.4, 0.5) is 5.69 Å². The van der Waals surface area contributed by atoms with E-state index < -0.39 is 0 Å². The molecule has 1 aromatic carbocycles. The van der Waals surface area contributed by atoms with Crippen LogP contribution in [0.1, 0.15) is 18.1 Å². The molecule has 2 N–H and O–H groups in total. The van der Waals surface area contributed by atoms with Gasteiger partial charge in [-0.05, 0) is 18.6 Å². The Morgan fingerprint density at radius 3 is 2.88 bits per heavy atom. The Morgan fingerprint density at radius 2 is 2.15 bits per heavy atom. The number of para-hydroxylation sites is 1. The number of rotatable bonds is 6. The Hall–Kier alpha value is -2.54. The number of aromatic nitrogens is 2. The van der Waals surface area contributed by atoms with E-state index in [2.05, 4.69) is 37.8 Å². The maximum absolute atomic E-state index is 5.91. The molecule has 1 unspecified atom stereocenters. The topological polar surface area (TPSA) is 66.7 Å². The van der Waals surface area contributed by atoms with Crippen LogP contribution in [0.25, 0.3) is 0 Å². The third-order valence-corrected chi connectivity index (χ3v) is 4.41. The van der Waals surface area contributed by atoms with Crippen LogP contribution in [-0.4, -0.2) is 60.5 Å². The standard InChI is InChI=1S/C19H28N6O/c1-20-19(22-10-6-9-21-17-7-4-3-5-8-17)25-11-12-26-18(15-25)16-13-23-24(2)14-16/h3-5,7-8,13-14,18,21H,6,9-12,15H2,1-2H3,(H,20,22). The molecule has 1 saturated heterocycles. The fraction of sp³-hybridized carbons (Fsp3) is 0.474. The molecular weight excluding hydrogens is 328 g/mol. The zero-order valence-electron chi connectivity index (χ0n) is 15.6. The molecule has 26 heavy (non-hydrogen) atoms. The van der Waals surface area contributed by atoms with Crippen molar-refractivity contribution >= 4 is 11.6 Å². The quantitative estimate of drug-likeness (QED) is 0.470. The second kappa shape index (κ2) is 9.24. The smallest absolute Gasteiger partial charge is 0.193 e. The van der Waals surface area contributed by atoms with E-state index in [4.69, 9.17) is 4.74 Å². The number of hydrogen-bond acceptors (Lipinski definition) is 4. The summed E-state index contributed by atoms with van der Waals surface area (Å²) >= 11 is 0. The van der Waals surface area contributed by atoms with Crippen molar-refractivity contribution in [1.29, 1.82) is 0 Å². The first-order valence-electron chi connectivity index (χ1n) is 9.11. The highest BCUT2D eigenvalue weighted by molar-refractivity contribution is 5.80. The highest BCUT2D eigenvalue weighted by Gasteiger charge is 2.24. The molecule has 0 bridgehead atoms. The van der Waals surface area contributed by atoms with Crippen molar-refractivity contribution in [3.05, 3.63) is 48.3 Å². The predicted octanol–water partition coefficient (Wildman–Crippen LogP) is 1.87. The van der Waals surface area contributed by atoms with Gasteiger partial charge in [0.25, 0.3) is 0 Å². The van der Waals surface area contributed by atoms with E-state index in [1.165, 1.54) is 0 Å². The van der Waals surface area contributed by atoms with Crippen molar-refractivity contribution in [3.63, 3.8) is 0 Å². The summed E-state index contributed by atoms with van der Waals surface area (Å²) < 4.78 is 7.72. The van der Waals surface area contributed by atoms with Crippen LogP contribution in [-0.2, 0) is 11.8 Å². The van der Waals surface area contributed by atoms with Crippen LogP contribution in [0, 0.1) is 0 Å². The Bertz CT molecular complexity index is 699. The lowest BCUT2D eigenvalue weighted by atomic mass is 10.1. The van der Waals surface area contributed by atoms with Gasteiger partial charge in [0.15, 0.2) is 5.96 Å². The van der Waals surface area contributed by atoms with Gasteiger partial charge in [0, 0.05) is 51.2 Å². The fourth-order valence-corrected chi connectivity index (χ4v) is 3.06. The van der Waals surface area contributed by atoms with E-state index in [1.54, 1.807) is 0 Å². The van der Waals surface area contributed by atoms with E-state index in [0.29, 0.717) is 6.61 Å². The summed E-state index contributed by atoms with van der Waals surface area (Å²) in [6.45, 7) is 4.12. The second-order valence-electron chi connectivity index (χ2n) is 6.37. The van der Waals surface area contributed by atoms with Gasteiger partial charge >= 0.3 is 0 Å². The second-order valence-corrected chi connectivity index (χ2v) is 6.37. The molecule has 7 heteroatoms. The Labute approximate surface area is 155 Å². The number of nitrogens with one attached hydrogen (secondary N) is 2. The van der Waals surface area contributed by atoms with Gasteiger partial charge in [-0.15, -0.1) is 0 Å². The van der Waals surface area contributed by atoms with Gasteiger partial charge in [0.05, 0.1) is 19.3 Å². The number of guanidine groups is 1. The Kier molecular flexibility index (Phi) is 6.49. The molecule has 1 atom stereocenters. The number of ether oxygens (including phenoxy) is 1. The van der Waals surface area contributed by atoms with E-state index >= 15 is 0 Å². The van der Waals surface area contributed by atoms with E-state index in [0.717, 1.165) is 49.8 Å². The molecule has 0 amide bonds. The summed E-state index contributed by atoms with van der Waals surface area (Å²) in [5.74, 6) is 0.932. The summed E-state index contributed by atoms with van der Waals surface area (Å²) in [6.07, 6.45) is 4.94. The summed E-state index contributed by atoms with van der Waals surface area (Å²) in [7, 11) is 3.76. The van der Waals surface area contributed by atoms with Crippen molar-refractivity contribution in [2.24, 2.45) is 12.0 Å². The zero-order valence-corrected chi connectivity index (χ0v) is 15.6. The normalized spacial score (nSPS) is 18.0. The number of anilines is 1. The first-order valence-corrected chi connectivity index (χ1v) is 9.11. The van der Waals surface area contributed by atoms with Gasteiger partial charge in [-0.25, -0.2) is 0 Å². The molecular formula is C19H28N6O. The predicted molar refractivity (Wildman–Crippen MR) is 104 cm³/mol. The number of aryl methyl sites for hydroxylation is 1. The van der Waals surface area contributed by atoms with Crippen molar-refractivity contribution < 1.29 is 4.74 Å². The number of hydrogen-bond donors (Lipinski definition) is 2. The van der Waals surface area contributed by atoms with Crippen LogP contribution >= 0.6 is 0 Å². The SMILES string of the molecule is CN=C(NCCCNc1ccccc1)N1CCOC(c2cnn(C)c2)C1.